The average Bonchev–Trinajstić information content (AvgIpc) is 3.37. The summed E-state index contributed by atoms with van der Waals surface area (Å²) in [5, 5.41) is 1.43. The number of rotatable bonds is 1. The number of benzene rings is 3. The standard InChI is InChI=1S/C26H11F9N2S/c27-24(28,29)12-3-1-11(2-4-12)19-20-15-7-5-13(25(30,31)32)9-17(15)36-22(20)38-23-21(19)16-8-6-14(26(33,34)35)10-18(16)37-23/h1-10,36H. The van der Waals surface area contributed by atoms with E-state index in [2.05, 4.69) is 9.97 Å². The van der Waals surface area contributed by atoms with Gasteiger partial charge in [0.2, 0.25) is 0 Å². The molecule has 3 aromatic carbocycles. The number of fused-ring (bicyclic) bond motifs is 6. The van der Waals surface area contributed by atoms with Crippen molar-refractivity contribution in [3.05, 3.63) is 77.4 Å². The summed E-state index contributed by atoms with van der Waals surface area (Å²) in [6.45, 7) is 0. The lowest BCUT2D eigenvalue weighted by atomic mass is 9.94. The smallest absolute Gasteiger partial charge is 0.346 e. The molecule has 0 spiro atoms. The number of nitrogens with zero attached hydrogens (tertiary/aromatic N) is 1. The van der Waals surface area contributed by atoms with Gasteiger partial charge in [0.05, 0.1) is 22.2 Å². The van der Waals surface area contributed by atoms with E-state index in [0.717, 1.165) is 47.7 Å². The van der Waals surface area contributed by atoms with Crippen LogP contribution in [0.25, 0.3) is 53.7 Å². The summed E-state index contributed by atoms with van der Waals surface area (Å²) in [4.78, 5) is 7.65. The van der Waals surface area contributed by atoms with E-state index in [1.807, 2.05) is 0 Å². The summed E-state index contributed by atoms with van der Waals surface area (Å²) in [6, 6.07) is 10.3. The van der Waals surface area contributed by atoms with Crippen LogP contribution >= 0.6 is 11.3 Å². The topological polar surface area (TPSA) is 28.7 Å². The molecule has 0 unspecified atom stereocenters. The minimum atomic E-state index is -4.61. The van der Waals surface area contributed by atoms with E-state index in [-0.39, 0.29) is 16.0 Å². The van der Waals surface area contributed by atoms with Crippen LogP contribution in [0.3, 0.4) is 0 Å². The second kappa shape index (κ2) is 7.85. The van der Waals surface area contributed by atoms with Gasteiger partial charge in [-0.1, -0.05) is 35.6 Å². The molecule has 0 saturated heterocycles. The van der Waals surface area contributed by atoms with E-state index in [0.29, 0.717) is 37.7 Å². The van der Waals surface area contributed by atoms with Crippen LogP contribution in [0.15, 0.2) is 60.7 Å². The van der Waals surface area contributed by atoms with Crippen molar-refractivity contribution in [1.29, 1.82) is 0 Å². The van der Waals surface area contributed by atoms with Gasteiger partial charge in [-0.25, -0.2) is 4.98 Å². The van der Waals surface area contributed by atoms with Crippen LogP contribution in [0.4, 0.5) is 39.5 Å². The normalized spacial score (nSPS) is 13.4. The third kappa shape index (κ3) is 3.85. The zero-order valence-corrected chi connectivity index (χ0v) is 19.3. The molecule has 0 radical (unpaired) electrons. The minimum Gasteiger partial charge on any atom is -0.346 e. The molecule has 0 fully saturated rings. The number of aromatic amines is 1. The van der Waals surface area contributed by atoms with E-state index >= 15 is 0 Å². The van der Waals surface area contributed by atoms with Crippen LogP contribution < -0.4 is 0 Å². The fourth-order valence-electron chi connectivity index (χ4n) is 4.62. The number of aromatic nitrogens is 2. The van der Waals surface area contributed by atoms with E-state index in [4.69, 9.17) is 0 Å². The van der Waals surface area contributed by atoms with Gasteiger partial charge in [0, 0.05) is 32.8 Å². The van der Waals surface area contributed by atoms with E-state index in [9.17, 15) is 39.5 Å². The van der Waals surface area contributed by atoms with Gasteiger partial charge in [-0.05, 0) is 42.0 Å². The van der Waals surface area contributed by atoms with Crippen LogP contribution in [0, 0.1) is 0 Å². The zero-order valence-electron chi connectivity index (χ0n) is 18.5. The molecule has 194 valence electrons. The molecule has 3 heterocycles. The Kier molecular flexibility index (Phi) is 5.07. The Hall–Kier alpha value is -3.80. The quantitative estimate of drug-likeness (QED) is 0.202. The molecule has 0 aliphatic carbocycles. The van der Waals surface area contributed by atoms with Gasteiger partial charge in [-0.2, -0.15) is 39.5 Å². The fourth-order valence-corrected chi connectivity index (χ4v) is 5.74. The third-order valence-electron chi connectivity index (χ3n) is 6.32. The van der Waals surface area contributed by atoms with Crippen LogP contribution in [0.5, 0.6) is 0 Å². The van der Waals surface area contributed by atoms with Crippen LogP contribution in [-0.2, 0) is 18.5 Å². The molecule has 2 nitrogen and oxygen atoms in total. The Bertz CT molecular complexity index is 1800. The summed E-state index contributed by atoms with van der Waals surface area (Å²) in [7, 11) is 0. The SMILES string of the molecule is FC(F)(F)c1ccc(-c2c3c4ccc(C(F)(F)F)cc4nc-3sc3[nH]c4cc(C(F)(F)F)ccc4c23)cc1. The number of hydrogen-bond acceptors (Lipinski definition) is 2. The van der Waals surface area contributed by atoms with E-state index in [1.54, 1.807) is 0 Å². The lowest BCUT2D eigenvalue weighted by Crippen LogP contribution is -2.04. The number of H-pyrrole nitrogens is 1. The predicted molar refractivity (Wildman–Crippen MR) is 126 cm³/mol. The Morgan fingerprint density at radius 1 is 0.605 bits per heavy atom. The van der Waals surface area contributed by atoms with Crippen molar-refractivity contribution in [3.8, 4) is 21.7 Å². The largest absolute Gasteiger partial charge is 0.416 e. The molecule has 0 saturated carbocycles. The second-order valence-electron chi connectivity index (χ2n) is 8.66. The minimum absolute atomic E-state index is 0.0375. The maximum absolute atomic E-state index is 13.3. The molecule has 12 heteroatoms. The average molecular weight is 554 g/mol. The molecular formula is C26H11F9N2S. The van der Waals surface area contributed by atoms with Crippen LogP contribution in [0.2, 0.25) is 0 Å². The highest BCUT2D eigenvalue weighted by atomic mass is 32.1. The summed E-state index contributed by atoms with van der Waals surface area (Å²) in [5.74, 6) is 0. The van der Waals surface area contributed by atoms with Crippen molar-refractivity contribution < 1.29 is 39.5 Å². The maximum Gasteiger partial charge on any atom is 0.416 e. The Morgan fingerprint density at radius 3 is 1.76 bits per heavy atom. The summed E-state index contributed by atoms with van der Waals surface area (Å²) in [5.41, 5.74) is -1.46. The first-order valence-corrected chi connectivity index (χ1v) is 11.7. The van der Waals surface area contributed by atoms with Crippen LogP contribution in [0.1, 0.15) is 16.7 Å². The Morgan fingerprint density at radius 2 is 1.16 bits per heavy atom. The Labute approximate surface area is 210 Å². The fraction of sp³-hybridized carbons (Fsp3) is 0.115. The lowest BCUT2D eigenvalue weighted by molar-refractivity contribution is -0.138. The molecule has 6 rings (SSSR count). The highest BCUT2D eigenvalue weighted by molar-refractivity contribution is 7.21. The number of hydrogen-bond donors (Lipinski definition) is 1. The molecule has 4 aromatic rings. The molecule has 2 aliphatic heterocycles. The van der Waals surface area contributed by atoms with Gasteiger partial charge in [0.1, 0.15) is 9.84 Å². The molecule has 0 bridgehead atoms. The highest BCUT2D eigenvalue weighted by Gasteiger charge is 2.34. The molecule has 38 heavy (non-hydrogen) atoms. The Balaban J connectivity index is 1.72. The van der Waals surface area contributed by atoms with Crippen molar-refractivity contribution in [2.45, 2.75) is 18.5 Å². The number of alkyl halides is 9. The van der Waals surface area contributed by atoms with Crippen LogP contribution in [-0.4, -0.2) is 9.97 Å². The molecule has 1 N–H and O–H groups in total. The first-order chi connectivity index (χ1) is 17.7. The molecule has 0 atom stereocenters. The zero-order chi connectivity index (χ0) is 27.2. The first-order valence-electron chi connectivity index (χ1n) is 10.9. The lowest BCUT2D eigenvalue weighted by Gasteiger charge is -2.13. The molecule has 0 amide bonds. The van der Waals surface area contributed by atoms with Gasteiger partial charge in [-0.3, -0.25) is 0 Å². The molecule has 1 aromatic heterocycles. The predicted octanol–water partition coefficient (Wildman–Crippen LogP) is 9.76. The molecular weight excluding hydrogens is 543 g/mol. The monoisotopic (exact) mass is 554 g/mol. The summed E-state index contributed by atoms with van der Waals surface area (Å²) < 4.78 is 120. The second-order valence-corrected chi connectivity index (χ2v) is 9.66. The first kappa shape index (κ1) is 24.5. The number of nitrogens with one attached hydrogen (secondary N) is 1. The summed E-state index contributed by atoms with van der Waals surface area (Å²) in [6.07, 6.45) is -13.8. The van der Waals surface area contributed by atoms with Crippen molar-refractivity contribution in [2.75, 3.05) is 0 Å². The van der Waals surface area contributed by atoms with Crippen molar-refractivity contribution in [2.24, 2.45) is 0 Å². The maximum atomic E-state index is 13.3. The summed E-state index contributed by atoms with van der Waals surface area (Å²) >= 11 is 1.04. The number of halogens is 9. The van der Waals surface area contributed by atoms with Crippen molar-refractivity contribution >= 4 is 43.4 Å². The van der Waals surface area contributed by atoms with Gasteiger partial charge in [0.25, 0.3) is 0 Å². The van der Waals surface area contributed by atoms with Crippen molar-refractivity contribution in [1.82, 2.24) is 9.97 Å². The van der Waals surface area contributed by atoms with Crippen molar-refractivity contribution in [3.63, 3.8) is 0 Å². The van der Waals surface area contributed by atoms with E-state index in [1.165, 1.54) is 24.3 Å². The van der Waals surface area contributed by atoms with Gasteiger partial charge < -0.3 is 4.98 Å². The van der Waals surface area contributed by atoms with Gasteiger partial charge >= 0.3 is 18.5 Å². The van der Waals surface area contributed by atoms with E-state index < -0.39 is 35.2 Å². The third-order valence-corrected chi connectivity index (χ3v) is 7.32. The molecule has 2 aliphatic rings. The highest BCUT2D eigenvalue weighted by Crippen LogP contribution is 2.50. The van der Waals surface area contributed by atoms with Gasteiger partial charge in [0.15, 0.2) is 0 Å². The van der Waals surface area contributed by atoms with Gasteiger partial charge in [-0.15, -0.1) is 0 Å².